The Morgan fingerprint density at radius 2 is 1.62 bits per heavy atom. The van der Waals surface area contributed by atoms with Crippen LogP contribution in [-0.4, -0.2) is 37.1 Å². The van der Waals surface area contributed by atoms with Gasteiger partial charge in [-0.05, 0) is 72.3 Å². The van der Waals surface area contributed by atoms with Gasteiger partial charge in [-0.2, -0.15) is 0 Å². The molecule has 3 aromatic carbocycles. The first kappa shape index (κ1) is 25.6. The smallest absolute Gasteiger partial charge is 0.308 e. The van der Waals surface area contributed by atoms with E-state index in [0.29, 0.717) is 12.3 Å². The summed E-state index contributed by atoms with van der Waals surface area (Å²) in [7, 11) is 1.61. The highest BCUT2D eigenvalue weighted by molar-refractivity contribution is 7.99. The Balaban J connectivity index is 1.10. The molecule has 6 rings (SSSR count). The van der Waals surface area contributed by atoms with Gasteiger partial charge in [-0.1, -0.05) is 36.0 Å². The standard InChI is InChI=1S/C31H27N3O5S/c1-37-22-14-12-21(13-15-22)23-19-26(27-9-6-18-38-27)34(32-23)30(35)20-39-31(36)16-17-33-24-7-2-4-10-28(24)40-29-11-5-3-8-25(29)33/h2-15,18-19,26,32H,16-17,20H2,1H3/t26-/m1/s1. The minimum Gasteiger partial charge on any atom is -0.497 e. The van der Waals surface area contributed by atoms with Crippen molar-refractivity contribution in [1.82, 2.24) is 10.4 Å². The van der Waals surface area contributed by atoms with Gasteiger partial charge in [0.05, 0.1) is 36.9 Å². The molecular formula is C31H27N3O5S. The lowest BCUT2D eigenvalue weighted by Gasteiger charge is -2.32. The van der Waals surface area contributed by atoms with Gasteiger partial charge in [0.1, 0.15) is 17.6 Å². The number of ether oxygens (including phenoxy) is 2. The number of esters is 1. The van der Waals surface area contributed by atoms with E-state index in [1.165, 1.54) is 5.01 Å². The Bertz CT molecular complexity index is 1510. The number of nitrogens with zero attached hydrogens (tertiary/aromatic N) is 2. The third-order valence-electron chi connectivity index (χ3n) is 6.78. The zero-order valence-electron chi connectivity index (χ0n) is 21.8. The fourth-order valence-corrected chi connectivity index (χ4v) is 5.89. The van der Waals surface area contributed by atoms with Crippen LogP contribution in [0.1, 0.15) is 23.8 Å². The van der Waals surface area contributed by atoms with Crippen molar-refractivity contribution in [2.45, 2.75) is 22.3 Å². The van der Waals surface area contributed by atoms with Gasteiger partial charge in [0.15, 0.2) is 6.61 Å². The fourth-order valence-electron chi connectivity index (χ4n) is 4.80. The van der Waals surface area contributed by atoms with Crippen molar-refractivity contribution in [2.24, 2.45) is 0 Å². The van der Waals surface area contributed by atoms with Crippen LogP contribution in [0.15, 0.2) is 111 Å². The Morgan fingerprint density at radius 3 is 2.27 bits per heavy atom. The Hall–Kier alpha value is -4.63. The quantitative estimate of drug-likeness (QED) is 0.268. The summed E-state index contributed by atoms with van der Waals surface area (Å²) < 4.78 is 16.3. The molecule has 8 nitrogen and oxygen atoms in total. The molecule has 2 aliphatic heterocycles. The van der Waals surface area contributed by atoms with Crippen LogP contribution >= 0.6 is 11.8 Å². The van der Waals surface area contributed by atoms with E-state index in [-0.39, 0.29) is 12.3 Å². The van der Waals surface area contributed by atoms with Crippen molar-refractivity contribution < 1.29 is 23.5 Å². The number of carbonyl (C=O) groups excluding carboxylic acids is 2. The minimum atomic E-state index is -0.489. The first-order valence-corrected chi connectivity index (χ1v) is 13.7. The summed E-state index contributed by atoms with van der Waals surface area (Å²) in [5.41, 5.74) is 6.88. The maximum Gasteiger partial charge on any atom is 0.308 e. The van der Waals surface area contributed by atoms with Crippen molar-refractivity contribution in [3.63, 3.8) is 0 Å². The van der Waals surface area contributed by atoms with E-state index >= 15 is 0 Å². The number of furan rings is 1. The highest BCUT2D eigenvalue weighted by Gasteiger charge is 2.33. The Kier molecular flexibility index (Phi) is 7.20. The largest absolute Gasteiger partial charge is 0.497 e. The molecule has 1 amide bonds. The van der Waals surface area contributed by atoms with Crippen molar-refractivity contribution in [2.75, 3.05) is 25.2 Å². The van der Waals surface area contributed by atoms with Gasteiger partial charge in [-0.25, -0.2) is 5.01 Å². The minimum absolute atomic E-state index is 0.130. The molecule has 3 heterocycles. The van der Waals surface area contributed by atoms with Crippen LogP contribution in [0.2, 0.25) is 0 Å². The van der Waals surface area contributed by atoms with Gasteiger partial charge in [-0.15, -0.1) is 0 Å². The number of hydrogen-bond donors (Lipinski definition) is 1. The molecule has 0 saturated heterocycles. The number of amides is 1. The predicted octanol–water partition coefficient (Wildman–Crippen LogP) is 5.95. The summed E-state index contributed by atoms with van der Waals surface area (Å²) in [6.07, 6.45) is 3.60. The highest BCUT2D eigenvalue weighted by Crippen LogP contribution is 2.47. The van der Waals surface area contributed by atoms with Gasteiger partial charge in [0, 0.05) is 16.3 Å². The van der Waals surface area contributed by atoms with E-state index in [9.17, 15) is 9.59 Å². The Labute approximate surface area is 236 Å². The van der Waals surface area contributed by atoms with Crippen molar-refractivity contribution >= 4 is 40.7 Å². The second-order valence-electron chi connectivity index (χ2n) is 9.24. The lowest BCUT2D eigenvalue weighted by Crippen LogP contribution is -2.42. The van der Waals surface area contributed by atoms with E-state index < -0.39 is 18.6 Å². The molecule has 0 unspecified atom stereocenters. The summed E-state index contributed by atoms with van der Waals surface area (Å²) in [6.45, 7) is 0.0393. The van der Waals surface area contributed by atoms with Crippen LogP contribution in [0.3, 0.4) is 0 Å². The molecular weight excluding hydrogens is 526 g/mol. The maximum atomic E-state index is 13.2. The number of benzene rings is 3. The third kappa shape index (κ3) is 5.15. The van der Waals surface area contributed by atoms with Gasteiger partial charge in [-0.3, -0.25) is 15.0 Å². The van der Waals surface area contributed by atoms with E-state index in [0.717, 1.165) is 38.2 Å². The van der Waals surface area contributed by atoms with Crippen molar-refractivity contribution in [1.29, 1.82) is 0 Å². The van der Waals surface area contributed by atoms with Crippen LogP contribution in [0.4, 0.5) is 11.4 Å². The molecule has 0 fully saturated rings. The summed E-state index contributed by atoms with van der Waals surface area (Å²) in [6, 6.07) is 26.8. The highest BCUT2D eigenvalue weighted by atomic mass is 32.2. The molecule has 202 valence electrons. The summed E-state index contributed by atoms with van der Waals surface area (Å²) in [5.74, 6) is 0.495. The second-order valence-corrected chi connectivity index (χ2v) is 10.3. The zero-order chi connectivity index (χ0) is 27.5. The molecule has 9 heteroatoms. The first-order chi connectivity index (χ1) is 19.6. The van der Waals surface area contributed by atoms with Crippen LogP contribution in [0, 0.1) is 0 Å². The molecule has 0 saturated carbocycles. The SMILES string of the molecule is COc1ccc(C2=C[C@H](c3ccco3)N(C(=O)COC(=O)CCN3c4ccccc4Sc4ccccc43)N2)cc1. The van der Waals surface area contributed by atoms with Crippen LogP contribution in [0.25, 0.3) is 5.70 Å². The first-order valence-electron chi connectivity index (χ1n) is 12.9. The van der Waals surface area contributed by atoms with E-state index in [2.05, 4.69) is 22.5 Å². The molecule has 1 atom stereocenters. The number of rotatable bonds is 8. The average molecular weight is 554 g/mol. The van der Waals surface area contributed by atoms with Crippen molar-refractivity contribution in [3.05, 3.63) is 109 Å². The normalized spacial score (nSPS) is 15.5. The molecule has 0 aliphatic carbocycles. The third-order valence-corrected chi connectivity index (χ3v) is 7.91. The molecule has 1 aromatic heterocycles. The summed E-state index contributed by atoms with van der Waals surface area (Å²) in [4.78, 5) is 30.4. The van der Waals surface area contributed by atoms with Crippen molar-refractivity contribution in [3.8, 4) is 5.75 Å². The molecule has 0 spiro atoms. The maximum absolute atomic E-state index is 13.2. The molecule has 2 aliphatic rings. The van der Waals surface area contributed by atoms with E-state index in [4.69, 9.17) is 13.9 Å². The summed E-state index contributed by atoms with van der Waals surface area (Å²) >= 11 is 1.71. The number of para-hydroxylation sites is 2. The number of carbonyl (C=O) groups is 2. The van der Waals surface area contributed by atoms with Crippen LogP contribution in [-0.2, 0) is 14.3 Å². The number of nitrogens with one attached hydrogen (secondary N) is 1. The van der Waals surface area contributed by atoms with Gasteiger partial charge >= 0.3 is 5.97 Å². The van der Waals surface area contributed by atoms with E-state index in [1.807, 2.05) is 66.7 Å². The number of anilines is 2. The van der Waals surface area contributed by atoms with Crippen LogP contribution in [0.5, 0.6) is 5.75 Å². The average Bonchev–Trinajstić information content (AvgIpc) is 3.69. The zero-order valence-corrected chi connectivity index (χ0v) is 22.6. The molecule has 0 bridgehead atoms. The van der Waals surface area contributed by atoms with Gasteiger partial charge in [0.2, 0.25) is 0 Å². The summed E-state index contributed by atoms with van der Waals surface area (Å²) in [5, 5.41) is 1.43. The van der Waals surface area contributed by atoms with Crippen LogP contribution < -0.4 is 15.1 Å². The van der Waals surface area contributed by atoms with E-state index in [1.54, 1.807) is 37.3 Å². The number of hydrogen-bond acceptors (Lipinski definition) is 8. The monoisotopic (exact) mass is 553 g/mol. The van der Waals surface area contributed by atoms with Gasteiger partial charge < -0.3 is 18.8 Å². The molecule has 0 radical (unpaired) electrons. The lowest BCUT2D eigenvalue weighted by molar-refractivity contribution is -0.153. The molecule has 1 N–H and O–H groups in total. The lowest BCUT2D eigenvalue weighted by atomic mass is 10.1. The number of hydrazine groups is 1. The second kappa shape index (κ2) is 11.2. The molecule has 40 heavy (non-hydrogen) atoms. The molecule has 4 aromatic rings. The predicted molar refractivity (Wildman–Crippen MR) is 152 cm³/mol. The topological polar surface area (TPSA) is 84.2 Å². The Morgan fingerprint density at radius 1 is 0.925 bits per heavy atom. The fraction of sp³-hybridized carbons (Fsp3) is 0.161. The van der Waals surface area contributed by atoms with Gasteiger partial charge in [0.25, 0.3) is 5.91 Å². The number of fused-ring (bicyclic) bond motifs is 2. The number of methoxy groups -OCH3 is 1.